The number of hydrogen-bond acceptors (Lipinski definition) is 5. The molecule has 24 heavy (non-hydrogen) atoms. The van der Waals surface area contributed by atoms with Crippen LogP contribution >= 0.6 is 0 Å². The second kappa shape index (κ2) is 5.96. The van der Waals surface area contributed by atoms with E-state index in [1.54, 1.807) is 19.2 Å². The van der Waals surface area contributed by atoms with Crippen molar-refractivity contribution in [2.45, 2.75) is 19.2 Å². The van der Waals surface area contributed by atoms with E-state index in [1.165, 1.54) is 6.07 Å². The molecule has 0 fully saturated rings. The smallest absolute Gasteiger partial charge is 0.231 e. The SMILES string of the molecule is COc1c2c(cc3c1OCO3)[C@H](O)CN(Cc1ccccc1F)C2. The van der Waals surface area contributed by atoms with Crippen molar-refractivity contribution >= 4 is 0 Å². The highest BCUT2D eigenvalue weighted by Gasteiger charge is 2.32. The molecule has 0 saturated carbocycles. The minimum Gasteiger partial charge on any atom is -0.492 e. The number of fused-ring (bicyclic) bond motifs is 2. The van der Waals surface area contributed by atoms with Gasteiger partial charge in [0, 0.05) is 30.8 Å². The topological polar surface area (TPSA) is 51.2 Å². The quantitative estimate of drug-likeness (QED) is 0.937. The number of rotatable bonds is 3. The van der Waals surface area contributed by atoms with Crippen LogP contribution in [0, 0.1) is 5.82 Å². The highest BCUT2D eigenvalue weighted by molar-refractivity contribution is 5.61. The third-order valence-corrected chi connectivity index (χ3v) is 4.48. The summed E-state index contributed by atoms with van der Waals surface area (Å²) in [6, 6.07) is 8.50. The molecule has 0 saturated heterocycles. The molecule has 6 heteroatoms. The first-order chi connectivity index (χ1) is 11.7. The molecule has 126 valence electrons. The van der Waals surface area contributed by atoms with Gasteiger partial charge in [-0.25, -0.2) is 4.39 Å². The molecule has 1 atom stereocenters. The van der Waals surface area contributed by atoms with Gasteiger partial charge in [0.15, 0.2) is 11.5 Å². The number of β-amino-alcohol motifs (C(OH)–C–C–N with tert-alkyl or cyclic N) is 1. The molecule has 2 aliphatic rings. The summed E-state index contributed by atoms with van der Waals surface area (Å²) < 4.78 is 30.3. The van der Waals surface area contributed by atoms with Gasteiger partial charge in [-0.1, -0.05) is 18.2 Å². The van der Waals surface area contributed by atoms with E-state index in [2.05, 4.69) is 0 Å². The minimum absolute atomic E-state index is 0.142. The average Bonchev–Trinajstić information content (AvgIpc) is 3.03. The summed E-state index contributed by atoms with van der Waals surface area (Å²) in [6.07, 6.45) is -0.691. The molecular formula is C18H18FNO4. The molecule has 0 aliphatic carbocycles. The Morgan fingerprint density at radius 3 is 2.96 bits per heavy atom. The number of aliphatic hydroxyl groups excluding tert-OH is 1. The van der Waals surface area contributed by atoms with Crippen molar-refractivity contribution in [3.05, 3.63) is 52.8 Å². The largest absolute Gasteiger partial charge is 0.492 e. The molecule has 0 aromatic heterocycles. The lowest BCUT2D eigenvalue weighted by molar-refractivity contribution is 0.0860. The minimum atomic E-state index is -0.691. The van der Waals surface area contributed by atoms with Crippen LogP contribution in [0.3, 0.4) is 0 Å². The highest BCUT2D eigenvalue weighted by atomic mass is 19.1. The van der Waals surface area contributed by atoms with Gasteiger partial charge in [-0.2, -0.15) is 0 Å². The summed E-state index contributed by atoms with van der Waals surface area (Å²) in [4.78, 5) is 2.00. The van der Waals surface area contributed by atoms with E-state index in [9.17, 15) is 9.50 Å². The molecular weight excluding hydrogens is 313 g/mol. The number of benzene rings is 2. The van der Waals surface area contributed by atoms with Gasteiger partial charge in [0.1, 0.15) is 5.82 Å². The van der Waals surface area contributed by atoms with Crippen molar-refractivity contribution in [2.24, 2.45) is 0 Å². The maximum absolute atomic E-state index is 13.9. The van der Waals surface area contributed by atoms with Gasteiger partial charge in [0.25, 0.3) is 0 Å². The van der Waals surface area contributed by atoms with Crippen molar-refractivity contribution < 1.29 is 23.7 Å². The van der Waals surface area contributed by atoms with Gasteiger partial charge in [0.2, 0.25) is 12.5 Å². The summed E-state index contributed by atoms with van der Waals surface area (Å²) in [6.45, 7) is 1.52. The van der Waals surface area contributed by atoms with Crippen LogP contribution in [0.15, 0.2) is 30.3 Å². The van der Waals surface area contributed by atoms with Crippen molar-refractivity contribution in [2.75, 3.05) is 20.4 Å². The molecule has 2 aliphatic heterocycles. The molecule has 2 heterocycles. The van der Waals surface area contributed by atoms with Crippen LogP contribution in [-0.2, 0) is 13.1 Å². The first-order valence-electron chi connectivity index (χ1n) is 7.80. The Morgan fingerprint density at radius 2 is 2.17 bits per heavy atom. The zero-order valence-corrected chi connectivity index (χ0v) is 13.3. The number of halogens is 1. The van der Waals surface area contributed by atoms with Gasteiger partial charge in [-0.3, -0.25) is 4.90 Å². The third-order valence-electron chi connectivity index (χ3n) is 4.48. The van der Waals surface area contributed by atoms with Crippen LogP contribution in [0.1, 0.15) is 22.8 Å². The summed E-state index contributed by atoms with van der Waals surface area (Å²) in [7, 11) is 1.57. The first-order valence-corrected chi connectivity index (χ1v) is 7.80. The Kier molecular flexibility index (Phi) is 3.78. The fourth-order valence-corrected chi connectivity index (χ4v) is 3.37. The Morgan fingerprint density at radius 1 is 1.33 bits per heavy atom. The molecule has 0 amide bonds. The zero-order chi connectivity index (χ0) is 16.7. The summed E-state index contributed by atoms with van der Waals surface area (Å²) in [5, 5.41) is 10.5. The maximum Gasteiger partial charge on any atom is 0.231 e. The molecule has 1 N–H and O–H groups in total. The Bertz CT molecular complexity index is 780. The van der Waals surface area contributed by atoms with Gasteiger partial charge in [-0.05, 0) is 17.7 Å². The Hall–Kier alpha value is -2.31. The Balaban J connectivity index is 1.68. The highest BCUT2D eigenvalue weighted by Crippen LogP contribution is 2.48. The standard InChI is InChI=1S/C18H18FNO4/c1-22-17-13-8-20(7-11-4-2-3-5-14(11)19)9-15(21)12(13)6-16-18(17)24-10-23-16/h2-6,15,21H,7-10H2,1H3/t15-/m1/s1. The van der Waals surface area contributed by atoms with Crippen LogP contribution in [0.4, 0.5) is 4.39 Å². The molecule has 4 rings (SSSR count). The maximum atomic E-state index is 13.9. The lowest BCUT2D eigenvalue weighted by atomic mass is 9.95. The van der Waals surface area contributed by atoms with E-state index < -0.39 is 6.10 Å². The summed E-state index contributed by atoms with van der Waals surface area (Å²) >= 11 is 0. The van der Waals surface area contributed by atoms with Crippen LogP contribution in [0.25, 0.3) is 0 Å². The number of nitrogens with zero attached hydrogens (tertiary/aromatic N) is 1. The lowest BCUT2D eigenvalue weighted by Crippen LogP contribution is -2.33. The van der Waals surface area contributed by atoms with Crippen LogP contribution in [-0.4, -0.2) is 30.5 Å². The fraction of sp³-hybridized carbons (Fsp3) is 0.333. The van der Waals surface area contributed by atoms with E-state index in [-0.39, 0.29) is 12.6 Å². The average molecular weight is 331 g/mol. The molecule has 2 aromatic rings. The van der Waals surface area contributed by atoms with Crippen molar-refractivity contribution in [3.63, 3.8) is 0 Å². The molecule has 0 spiro atoms. The Labute approximate surface area is 139 Å². The van der Waals surface area contributed by atoms with E-state index >= 15 is 0 Å². The van der Waals surface area contributed by atoms with Gasteiger partial charge in [0.05, 0.1) is 13.2 Å². The van der Waals surface area contributed by atoms with Crippen LogP contribution < -0.4 is 14.2 Å². The predicted octanol–water partition coefficient (Wildman–Crippen LogP) is 2.61. The summed E-state index contributed by atoms with van der Waals surface area (Å²) in [5.41, 5.74) is 2.24. The first kappa shape index (κ1) is 15.2. The number of aliphatic hydroxyl groups is 1. The van der Waals surface area contributed by atoms with Crippen molar-refractivity contribution in [1.82, 2.24) is 4.90 Å². The van der Waals surface area contributed by atoms with Gasteiger partial charge in [-0.15, -0.1) is 0 Å². The second-order valence-corrected chi connectivity index (χ2v) is 5.99. The molecule has 0 bridgehead atoms. The number of methoxy groups -OCH3 is 1. The van der Waals surface area contributed by atoms with Crippen LogP contribution in [0.2, 0.25) is 0 Å². The van der Waals surface area contributed by atoms with E-state index in [0.29, 0.717) is 42.4 Å². The van der Waals surface area contributed by atoms with Gasteiger partial charge < -0.3 is 19.3 Å². The lowest BCUT2D eigenvalue weighted by Gasteiger charge is -2.33. The van der Waals surface area contributed by atoms with Gasteiger partial charge >= 0.3 is 0 Å². The van der Waals surface area contributed by atoms with Crippen molar-refractivity contribution in [3.8, 4) is 17.2 Å². The monoisotopic (exact) mass is 331 g/mol. The van der Waals surface area contributed by atoms with Crippen LogP contribution in [0.5, 0.6) is 17.2 Å². The zero-order valence-electron chi connectivity index (χ0n) is 13.3. The predicted molar refractivity (Wildman–Crippen MR) is 84.6 cm³/mol. The molecule has 0 radical (unpaired) electrons. The number of hydrogen-bond donors (Lipinski definition) is 1. The normalized spacial score (nSPS) is 19.2. The third kappa shape index (κ3) is 2.48. The van der Waals surface area contributed by atoms with Crippen molar-refractivity contribution in [1.29, 1.82) is 0 Å². The van der Waals surface area contributed by atoms with E-state index in [1.807, 2.05) is 17.0 Å². The number of ether oxygens (including phenoxy) is 3. The molecule has 2 aromatic carbocycles. The van der Waals surface area contributed by atoms with E-state index in [4.69, 9.17) is 14.2 Å². The fourth-order valence-electron chi connectivity index (χ4n) is 3.37. The summed E-state index contributed by atoms with van der Waals surface area (Å²) in [5.74, 6) is 1.50. The van der Waals surface area contributed by atoms with E-state index in [0.717, 1.165) is 11.1 Å². The molecule has 0 unspecified atom stereocenters. The molecule has 5 nitrogen and oxygen atoms in total. The second-order valence-electron chi connectivity index (χ2n) is 5.99.